The fraction of sp³-hybridized carbons (Fsp3) is 0.154. The molecule has 0 bridgehead atoms. The number of nitriles is 1. The zero-order valence-corrected chi connectivity index (χ0v) is 18.6. The first-order valence-corrected chi connectivity index (χ1v) is 10.8. The summed E-state index contributed by atoms with van der Waals surface area (Å²) in [6, 6.07) is 21.3. The second kappa shape index (κ2) is 9.68. The van der Waals surface area contributed by atoms with Gasteiger partial charge < -0.3 is 19.9 Å². The number of fused-ring (bicyclic) bond motifs is 1. The first-order valence-electron chi connectivity index (χ1n) is 10.4. The average molecular weight is 461 g/mol. The van der Waals surface area contributed by atoms with Crippen molar-refractivity contribution in [2.75, 3.05) is 6.61 Å². The Balaban J connectivity index is 1.72. The van der Waals surface area contributed by atoms with Gasteiger partial charge in [0.25, 0.3) is 0 Å². The molecule has 0 aromatic heterocycles. The molecule has 0 fully saturated rings. The molecule has 7 heteroatoms. The van der Waals surface area contributed by atoms with Crippen molar-refractivity contribution in [2.45, 2.75) is 19.3 Å². The van der Waals surface area contributed by atoms with Crippen LogP contribution in [0.2, 0.25) is 5.02 Å². The standard InChI is InChI=1S/C26H21ClN2O4/c1-2-13-31-22-10-6-4-8-18(22)24-19-12-11-16(14-23(19)33-25(29)20(24)15-28)32-26(30)17-7-3-5-9-21(17)27/h3-12,14,24H,2,13,29H2,1H3. The maximum absolute atomic E-state index is 12.6. The van der Waals surface area contributed by atoms with Crippen LogP contribution in [0.1, 0.15) is 40.7 Å². The highest BCUT2D eigenvalue weighted by Crippen LogP contribution is 2.46. The van der Waals surface area contributed by atoms with Gasteiger partial charge in [0.05, 0.1) is 23.1 Å². The van der Waals surface area contributed by atoms with Gasteiger partial charge in [0.1, 0.15) is 28.9 Å². The van der Waals surface area contributed by atoms with Crippen molar-refractivity contribution in [1.82, 2.24) is 0 Å². The quantitative estimate of drug-likeness (QED) is 0.382. The van der Waals surface area contributed by atoms with Crippen LogP contribution < -0.4 is 19.9 Å². The number of rotatable bonds is 6. The fourth-order valence-electron chi connectivity index (χ4n) is 3.67. The molecule has 166 valence electrons. The third kappa shape index (κ3) is 4.50. The summed E-state index contributed by atoms with van der Waals surface area (Å²) < 4.78 is 17.2. The third-order valence-electron chi connectivity index (χ3n) is 5.19. The molecule has 1 aliphatic heterocycles. The number of allylic oxidation sites excluding steroid dienone is 1. The van der Waals surface area contributed by atoms with Gasteiger partial charge in [-0.2, -0.15) is 5.26 Å². The lowest BCUT2D eigenvalue weighted by Crippen LogP contribution is -2.21. The van der Waals surface area contributed by atoms with Gasteiger partial charge in [-0.05, 0) is 30.7 Å². The number of hydrogen-bond acceptors (Lipinski definition) is 6. The number of ether oxygens (including phenoxy) is 3. The predicted octanol–water partition coefficient (Wildman–Crippen LogP) is 5.57. The Morgan fingerprint density at radius 2 is 1.88 bits per heavy atom. The first-order chi connectivity index (χ1) is 16.0. The van der Waals surface area contributed by atoms with E-state index in [-0.39, 0.29) is 22.8 Å². The smallest absolute Gasteiger partial charge is 0.345 e. The van der Waals surface area contributed by atoms with Gasteiger partial charge in [-0.1, -0.05) is 54.9 Å². The SMILES string of the molecule is CCCOc1ccccc1C1C(C#N)=C(N)Oc2cc(OC(=O)c3ccccc3Cl)ccc21. The van der Waals surface area contributed by atoms with Crippen LogP contribution in [0, 0.1) is 11.3 Å². The Hall–Kier alpha value is -3.95. The second-order valence-electron chi connectivity index (χ2n) is 7.38. The Bertz CT molecular complexity index is 1280. The highest BCUT2D eigenvalue weighted by Gasteiger charge is 2.33. The van der Waals surface area contributed by atoms with Crippen LogP contribution in [0.3, 0.4) is 0 Å². The molecule has 3 aromatic rings. The number of nitrogens with two attached hydrogens (primary N) is 1. The number of esters is 1. The molecule has 4 rings (SSSR count). The zero-order valence-electron chi connectivity index (χ0n) is 17.9. The number of halogens is 1. The molecule has 6 nitrogen and oxygen atoms in total. The van der Waals surface area contributed by atoms with Gasteiger partial charge in [0.2, 0.25) is 5.88 Å². The van der Waals surface area contributed by atoms with E-state index in [0.29, 0.717) is 28.7 Å². The number of hydrogen-bond donors (Lipinski definition) is 1. The summed E-state index contributed by atoms with van der Waals surface area (Å²) in [6.07, 6.45) is 0.849. The summed E-state index contributed by atoms with van der Waals surface area (Å²) in [6.45, 7) is 2.57. The number of nitrogens with zero attached hydrogens (tertiary/aromatic N) is 1. The molecule has 1 heterocycles. The molecule has 0 radical (unpaired) electrons. The normalized spacial score (nSPS) is 14.6. The van der Waals surface area contributed by atoms with Gasteiger partial charge in [0.15, 0.2) is 0 Å². The number of para-hydroxylation sites is 1. The van der Waals surface area contributed by atoms with E-state index in [9.17, 15) is 10.1 Å². The Morgan fingerprint density at radius 1 is 1.12 bits per heavy atom. The van der Waals surface area contributed by atoms with Gasteiger partial charge in [-0.15, -0.1) is 0 Å². The summed E-state index contributed by atoms with van der Waals surface area (Å²) in [7, 11) is 0. The fourth-order valence-corrected chi connectivity index (χ4v) is 3.88. The number of benzene rings is 3. The lowest BCUT2D eigenvalue weighted by atomic mass is 9.83. The Kier molecular flexibility index (Phi) is 6.53. The van der Waals surface area contributed by atoms with Crippen molar-refractivity contribution in [3.05, 3.63) is 99.9 Å². The van der Waals surface area contributed by atoms with Gasteiger partial charge >= 0.3 is 5.97 Å². The van der Waals surface area contributed by atoms with Crippen molar-refractivity contribution < 1.29 is 19.0 Å². The van der Waals surface area contributed by atoms with Gasteiger partial charge in [-0.25, -0.2) is 4.79 Å². The Labute approximate surface area is 196 Å². The van der Waals surface area contributed by atoms with Crippen LogP contribution in [0.4, 0.5) is 0 Å². The molecule has 0 saturated carbocycles. The first kappa shape index (κ1) is 22.3. The minimum Gasteiger partial charge on any atom is -0.493 e. The van der Waals surface area contributed by atoms with Crippen LogP contribution >= 0.6 is 11.6 Å². The molecule has 0 saturated heterocycles. The minimum atomic E-state index is -0.590. The molecule has 0 aliphatic carbocycles. The molecule has 1 aliphatic rings. The molecule has 1 unspecified atom stereocenters. The number of carbonyl (C=O) groups is 1. The van der Waals surface area contributed by atoms with E-state index in [1.807, 2.05) is 31.2 Å². The lowest BCUT2D eigenvalue weighted by molar-refractivity contribution is 0.0734. The third-order valence-corrected chi connectivity index (χ3v) is 5.52. The monoisotopic (exact) mass is 460 g/mol. The van der Waals surface area contributed by atoms with Crippen LogP contribution in [0.25, 0.3) is 0 Å². The van der Waals surface area contributed by atoms with Crippen molar-refractivity contribution in [1.29, 1.82) is 5.26 Å². The summed E-state index contributed by atoms with van der Waals surface area (Å²) in [5.74, 6) is 0.252. The van der Waals surface area contributed by atoms with E-state index >= 15 is 0 Å². The highest BCUT2D eigenvalue weighted by atomic mass is 35.5. The highest BCUT2D eigenvalue weighted by molar-refractivity contribution is 6.33. The van der Waals surface area contributed by atoms with Crippen molar-refractivity contribution >= 4 is 17.6 Å². The van der Waals surface area contributed by atoms with Gasteiger partial charge in [-0.3, -0.25) is 0 Å². The van der Waals surface area contributed by atoms with E-state index < -0.39 is 11.9 Å². The number of carbonyl (C=O) groups excluding carboxylic acids is 1. The second-order valence-corrected chi connectivity index (χ2v) is 7.79. The molecular formula is C26H21ClN2O4. The van der Waals surface area contributed by atoms with Crippen LogP contribution in [-0.2, 0) is 0 Å². The maximum atomic E-state index is 12.6. The summed E-state index contributed by atoms with van der Waals surface area (Å²) >= 11 is 6.10. The van der Waals surface area contributed by atoms with E-state index in [1.165, 1.54) is 0 Å². The van der Waals surface area contributed by atoms with Crippen LogP contribution in [-0.4, -0.2) is 12.6 Å². The van der Waals surface area contributed by atoms with Gasteiger partial charge in [0, 0.05) is 17.2 Å². The van der Waals surface area contributed by atoms with E-state index in [4.69, 9.17) is 31.5 Å². The summed E-state index contributed by atoms with van der Waals surface area (Å²) in [5, 5.41) is 10.1. The summed E-state index contributed by atoms with van der Waals surface area (Å²) in [4.78, 5) is 12.6. The molecule has 1 atom stereocenters. The van der Waals surface area contributed by atoms with Crippen molar-refractivity contribution in [3.8, 4) is 23.3 Å². The van der Waals surface area contributed by atoms with Crippen LogP contribution in [0.15, 0.2) is 78.2 Å². The molecule has 3 aromatic carbocycles. The summed E-state index contributed by atoms with van der Waals surface area (Å²) in [5.41, 5.74) is 8.17. The minimum absolute atomic E-state index is 0.00475. The molecule has 33 heavy (non-hydrogen) atoms. The largest absolute Gasteiger partial charge is 0.493 e. The van der Waals surface area contributed by atoms with Crippen LogP contribution in [0.5, 0.6) is 17.2 Å². The molecule has 0 spiro atoms. The Morgan fingerprint density at radius 3 is 2.64 bits per heavy atom. The van der Waals surface area contributed by atoms with Crippen molar-refractivity contribution in [3.63, 3.8) is 0 Å². The topological polar surface area (TPSA) is 94.6 Å². The van der Waals surface area contributed by atoms with Crippen molar-refractivity contribution in [2.24, 2.45) is 5.73 Å². The molecular weight excluding hydrogens is 440 g/mol. The molecule has 0 amide bonds. The van der Waals surface area contributed by atoms with E-state index in [2.05, 4.69) is 6.07 Å². The average Bonchev–Trinajstić information content (AvgIpc) is 2.82. The zero-order chi connectivity index (χ0) is 23.4. The lowest BCUT2D eigenvalue weighted by Gasteiger charge is -2.28. The maximum Gasteiger partial charge on any atom is 0.345 e. The van der Waals surface area contributed by atoms with E-state index in [0.717, 1.165) is 12.0 Å². The molecule has 2 N–H and O–H groups in total. The van der Waals surface area contributed by atoms with E-state index in [1.54, 1.807) is 42.5 Å². The predicted molar refractivity (Wildman–Crippen MR) is 124 cm³/mol.